The van der Waals surface area contributed by atoms with Gasteiger partial charge in [0.05, 0.1) is 18.9 Å². The molecule has 1 aliphatic carbocycles. The molecule has 0 radical (unpaired) electrons. The van der Waals surface area contributed by atoms with Gasteiger partial charge in [0, 0.05) is 11.3 Å². The predicted molar refractivity (Wildman–Crippen MR) is 100 cm³/mol. The number of amides is 1. The van der Waals surface area contributed by atoms with E-state index in [9.17, 15) is 4.79 Å². The standard InChI is InChI=1S/C20H23N3O2/c1-2-25-17-12-10-16(11-13-17)21-14-20(24)23-22-19-9-5-7-15-6-3-4-8-18(15)19/h3-4,6,8,10-13,21H,2,5,7,9,14H2,1H3,(H,23,24)/b22-19-. The second-order valence-corrected chi connectivity index (χ2v) is 5.92. The molecule has 0 heterocycles. The van der Waals surface area contributed by atoms with Gasteiger partial charge in [0.15, 0.2) is 0 Å². The molecular weight excluding hydrogens is 314 g/mol. The molecule has 0 saturated carbocycles. The van der Waals surface area contributed by atoms with Crippen LogP contribution in [0.2, 0.25) is 0 Å². The molecule has 0 unspecified atom stereocenters. The maximum atomic E-state index is 12.0. The Labute approximate surface area is 148 Å². The fraction of sp³-hybridized carbons (Fsp3) is 0.300. The van der Waals surface area contributed by atoms with Crippen molar-refractivity contribution in [1.82, 2.24) is 5.43 Å². The Morgan fingerprint density at radius 1 is 1.12 bits per heavy atom. The van der Waals surface area contributed by atoms with Crippen LogP contribution in [0.25, 0.3) is 0 Å². The average molecular weight is 337 g/mol. The van der Waals surface area contributed by atoms with E-state index < -0.39 is 0 Å². The van der Waals surface area contributed by atoms with Gasteiger partial charge >= 0.3 is 0 Å². The predicted octanol–water partition coefficient (Wildman–Crippen LogP) is 3.35. The van der Waals surface area contributed by atoms with Gasteiger partial charge in [-0.1, -0.05) is 24.3 Å². The average Bonchev–Trinajstić information content (AvgIpc) is 2.66. The Hall–Kier alpha value is -2.82. The number of aryl methyl sites for hydroxylation is 1. The third-order valence-corrected chi connectivity index (χ3v) is 4.12. The minimum atomic E-state index is -0.163. The quantitative estimate of drug-likeness (QED) is 0.795. The molecule has 130 valence electrons. The fourth-order valence-electron chi connectivity index (χ4n) is 2.90. The Balaban J connectivity index is 1.53. The van der Waals surface area contributed by atoms with Gasteiger partial charge in [-0.2, -0.15) is 5.10 Å². The molecule has 25 heavy (non-hydrogen) atoms. The number of hydrogen-bond donors (Lipinski definition) is 2. The van der Waals surface area contributed by atoms with Gasteiger partial charge in [-0.3, -0.25) is 4.79 Å². The second kappa shape index (κ2) is 8.33. The largest absolute Gasteiger partial charge is 0.494 e. The summed E-state index contributed by atoms with van der Waals surface area (Å²) in [5, 5.41) is 7.42. The molecule has 0 aromatic heterocycles. The van der Waals surface area contributed by atoms with Crippen LogP contribution in [-0.2, 0) is 11.2 Å². The van der Waals surface area contributed by atoms with E-state index >= 15 is 0 Å². The monoisotopic (exact) mass is 337 g/mol. The highest BCUT2D eigenvalue weighted by atomic mass is 16.5. The van der Waals surface area contributed by atoms with Gasteiger partial charge in [-0.05, 0) is 56.0 Å². The van der Waals surface area contributed by atoms with Crippen molar-refractivity contribution in [1.29, 1.82) is 0 Å². The lowest BCUT2D eigenvalue weighted by molar-refractivity contribution is -0.119. The van der Waals surface area contributed by atoms with Crippen LogP contribution in [0, 0.1) is 0 Å². The van der Waals surface area contributed by atoms with Crippen LogP contribution in [0.5, 0.6) is 5.75 Å². The SMILES string of the molecule is CCOc1ccc(NCC(=O)N/N=C2/CCCc3ccccc32)cc1. The minimum Gasteiger partial charge on any atom is -0.494 e. The molecule has 1 aliphatic rings. The molecule has 0 aliphatic heterocycles. The lowest BCUT2D eigenvalue weighted by Crippen LogP contribution is -2.27. The number of rotatable bonds is 6. The fourth-order valence-corrected chi connectivity index (χ4v) is 2.90. The van der Waals surface area contributed by atoms with Crippen molar-refractivity contribution < 1.29 is 9.53 Å². The lowest BCUT2D eigenvalue weighted by Gasteiger charge is -2.17. The normalized spacial score (nSPS) is 14.7. The first kappa shape index (κ1) is 17.0. The van der Waals surface area contributed by atoms with E-state index in [-0.39, 0.29) is 12.5 Å². The maximum absolute atomic E-state index is 12.0. The number of carbonyl (C=O) groups excluding carboxylic acids is 1. The Bertz CT molecular complexity index is 754. The maximum Gasteiger partial charge on any atom is 0.259 e. The lowest BCUT2D eigenvalue weighted by atomic mass is 9.90. The molecule has 5 nitrogen and oxygen atoms in total. The van der Waals surface area contributed by atoms with Crippen LogP contribution < -0.4 is 15.5 Å². The summed E-state index contributed by atoms with van der Waals surface area (Å²) in [6, 6.07) is 15.8. The number of hydrazone groups is 1. The van der Waals surface area contributed by atoms with Crippen molar-refractivity contribution in [3.8, 4) is 5.75 Å². The summed E-state index contributed by atoms with van der Waals surface area (Å²) in [5.74, 6) is 0.657. The summed E-state index contributed by atoms with van der Waals surface area (Å²) < 4.78 is 5.40. The summed E-state index contributed by atoms with van der Waals surface area (Å²) in [4.78, 5) is 12.0. The van der Waals surface area contributed by atoms with E-state index in [1.807, 2.05) is 43.3 Å². The van der Waals surface area contributed by atoms with Gasteiger partial charge in [-0.25, -0.2) is 5.43 Å². The molecule has 2 aromatic carbocycles. The van der Waals surface area contributed by atoms with E-state index in [2.05, 4.69) is 28.0 Å². The van der Waals surface area contributed by atoms with Crippen molar-refractivity contribution in [2.24, 2.45) is 5.10 Å². The Morgan fingerprint density at radius 3 is 2.72 bits per heavy atom. The Kier molecular flexibility index (Phi) is 5.67. The summed E-state index contributed by atoms with van der Waals surface area (Å²) in [7, 11) is 0. The summed E-state index contributed by atoms with van der Waals surface area (Å²) in [5.41, 5.74) is 6.93. The first-order valence-electron chi connectivity index (χ1n) is 8.66. The zero-order chi connectivity index (χ0) is 17.5. The smallest absolute Gasteiger partial charge is 0.259 e. The van der Waals surface area contributed by atoms with Crippen LogP contribution in [0.15, 0.2) is 53.6 Å². The topological polar surface area (TPSA) is 62.7 Å². The van der Waals surface area contributed by atoms with Crippen molar-refractivity contribution in [3.63, 3.8) is 0 Å². The van der Waals surface area contributed by atoms with Crippen molar-refractivity contribution in [3.05, 3.63) is 59.7 Å². The first-order valence-corrected chi connectivity index (χ1v) is 8.66. The molecule has 3 rings (SSSR count). The minimum absolute atomic E-state index is 0.163. The molecule has 0 saturated heterocycles. The van der Waals surface area contributed by atoms with Crippen LogP contribution in [0.4, 0.5) is 5.69 Å². The summed E-state index contributed by atoms with van der Waals surface area (Å²) >= 11 is 0. The third-order valence-electron chi connectivity index (χ3n) is 4.12. The van der Waals surface area contributed by atoms with Crippen LogP contribution in [0.3, 0.4) is 0 Å². The second-order valence-electron chi connectivity index (χ2n) is 5.92. The highest BCUT2D eigenvalue weighted by Crippen LogP contribution is 2.21. The van der Waals surface area contributed by atoms with Gasteiger partial charge in [0.2, 0.25) is 0 Å². The van der Waals surface area contributed by atoms with Crippen LogP contribution in [0.1, 0.15) is 30.9 Å². The highest BCUT2D eigenvalue weighted by Gasteiger charge is 2.15. The molecule has 0 bridgehead atoms. The summed E-state index contributed by atoms with van der Waals surface area (Å²) in [6.45, 7) is 2.76. The molecule has 0 atom stereocenters. The number of carbonyl (C=O) groups is 1. The summed E-state index contributed by atoms with van der Waals surface area (Å²) in [6.07, 6.45) is 3.03. The van der Waals surface area contributed by atoms with Crippen LogP contribution >= 0.6 is 0 Å². The number of benzene rings is 2. The van der Waals surface area contributed by atoms with E-state index in [1.54, 1.807) is 0 Å². The van der Waals surface area contributed by atoms with Crippen molar-refractivity contribution in [2.75, 3.05) is 18.5 Å². The molecule has 2 N–H and O–H groups in total. The van der Waals surface area contributed by atoms with Crippen molar-refractivity contribution >= 4 is 17.3 Å². The number of ether oxygens (including phenoxy) is 1. The number of nitrogens with zero attached hydrogens (tertiary/aromatic N) is 1. The molecule has 0 fully saturated rings. The number of nitrogens with one attached hydrogen (secondary N) is 2. The van der Waals surface area contributed by atoms with Crippen molar-refractivity contribution in [2.45, 2.75) is 26.2 Å². The van der Waals surface area contributed by atoms with E-state index in [0.29, 0.717) is 6.61 Å². The zero-order valence-corrected chi connectivity index (χ0v) is 14.4. The van der Waals surface area contributed by atoms with E-state index in [0.717, 1.165) is 42.0 Å². The Morgan fingerprint density at radius 2 is 1.92 bits per heavy atom. The number of fused-ring (bicyclic) bond motifs is 1. The third kappa shape index (κ3) is 4.59. The zero-order valence-electron chi connectivity index (χ0n) is 14.4. The van der Waals surface area contributed by atoms with Gasteiger partial charge in [0.25, 0.3) is 5.91 Å². The highest BCUT2D eigenvalue weighted by molar-refractivity contribution is 6.03. The van der Waals surface area contributed by atoms with Gasteiger partial charge in [0.1, 0.15) is 5.75 Å². The number of anilines is 1. The van der Waals surface area contributed by atoms with Gasteiger partial charge < -0.3 is 10.1 Å². The van der Waals surface area contributed by atoms with E-state index in [1.165, 1.54) is 5.56 Å². The molecule has 0 spiro atoms. The molecule has 5 heteroatoms. The molecular formula is C20H23N3O2. The van der Waals surface area contributed by atoms with Crippen LogP contribution in [-0.4, -0.2) is 24.8 Å². The number of hydrogen-bond acceptors (Lipinski definition) is 4. The van der Waals surface area contributed by atoms with E-state index in [4.69, 9.17) is 4.74 Å². The molecule has 1 amide bonds. The first-order chi connectivity index (χ1) is 12.3. The van der Waals surface area contributed by atoms with Gasteiger partial charge in [-0.15, -0.1) is 0 Å². The molecule has 2 aromatic rings.